The number of hydrogen-bond donors (Lipinski definition) is 1. The number of benzene rings is 1. The van der Waals surface area contributed by atoms with Gasteiger partial charge in [-0.2, -0.15) is 4.31 Å². The van der Waals surface area contributed by atoms with E-state index in [0.29, 0.717) is 0 Å². The maximum absolute atomic E-state index is 12.4. The Kier molecular flexibility index (Phi) is 4.33. The molecule has 1 aliphatic heterocycles. The zero-order valence-corrected chi connectivity index (χ0v) is 11.5. The summed E-state index contributed by atoms with van der Waals surface area (Å²) in [7, 11) is -3.67. The Balaban J connectivity index is 2.23. The van der Waals surface area contributed by atoms with Gasteiger partial charge >= 0.3 is 0 Å². The fourth-order valence-electron chi connectivity index (χ4n) is 1.94. The third-order valence-corrected chi connectivity index (χ3v) is 4.93. The van der Waals surface area contributed by atoms with E-state index in [1.165, 1.54) is 28.6 Å². The van der Waals surface area contributed by atoms with Crippen molar-refractivity contribution >= 4 is 15.7 Å². The minimum atomic E-state index is -3.67. The number of nitrogens with zero attached hydrogens (tertiary/aromatic N) is 2. The van der Waals surface area contributed by atoms with Crippen molar-refractivity contribution in [2.75, 3.05) is 26.2 Å². The Hall–Kier alpha value is -1.55. The molecule has 1 saturated heterocycles. The highest BCUT2D eigenvalue weighted by Crippen LogP contribution is 2.21. The molecule has 2 N–H and O–H groups in total. The van der Waals surface area contributed by atoms with Crippen LogP contribution in [-0.2, 0) is 14.8 Å². The van der Waals surface area contributed by atoms with Crippen LogP contribution >= 0.6 is 0 Å². The quantitative estimate of drug-likeness (QED) is 0.615. The van der Waals surface area contributed by atoms with Crippen LogP contribution in [0, 0.1) is 10.1 Å². The predicted octanol–water partition coefficient (Wildman–Crippen LogP) is -0.0570. The van der Waals surface area contributed by atoms with E-state index in [4.69, 9.17) is 10.5 Å². The van der Waals surface area contributed by atoms with Crippen molar-refractivity contribution < 1.29 is 18.1 Å². The first-order chi connectivity index (χ1) is 9.45. The average Bonchev–Trinajstić information content (AvgIpc) is 2.47. The van der Waals surface area contributed by atoms with Gasteiger partial charge in [-0.25, -0.2) is 8.42 Å². The van der Waals surface area contributed by atoms with Crippen LogP contribution < -0.4 is 5.73 Å². The Morgan fingerprint density at radius 1 is 1.40 bits per heavy atom. The fourth-order valence-corrected chi connectivity index (χ4v) is 3.40. The summed E-state index contributed by atoms with van der Waals surface area (Å²) in [6.45, 7) is 0.964. The van der Waals surface area contributed by atoms with Gasteiger partial charge in [-0.3, -0.25) is 10.1 Å². The average molecular weight is 301 g/mol. The molecule has 8 nitrogen and oxygen atoms in total. The minimum Gasteiger partial charge on any atom is -0.374 e. The van der Waals surface area contributed by atoms with Crippen LogP contribution in [0.3, 0.4) is 0 Å². The van der Waals surface area contributed by atoms with Crippen LogP contribution in [0.15, 0.2) is 29.2 Å². The smallest absolute Gasteiger partial charge is 0.269 e. The van der Waals surface area contributed by atoms with E-state index in [-0.39, 0.29) is 42.9 Å². The molecule has 0 aromatic heterocycles. The van der Waals surface area contributed by atoms with Crippen molar-refractivity contribution in [1.82, 2.24) is 4.31 Å². The third kappa shape index (κ3) is 2.96. The van der Waals surface area contributed by atoms with Crippen LogP contribution in [0.4, 0.5) is 5.69 Å². The lowest BCUT2D eigenvalue weighted by Crippen LogP contribution is -2.48. The lowest BCUT2D eigenvalue weighted by molar-refractivity contribution is -0.384. The van der Waals surface area contributed by atoms with Gasteiger partial charge in [-0.15, -0.1) is 0 Å². The molecule has 20 heavy (non-hydrogen) atoms. The van der Waals surface area contributed by atoms with E-state index in [0.717, 1.165) is 0 Å². The molecule has 0 saturated carbocycles. The van der Waals surface area contributed by atoms with E-state index < -0.39 is 14.9 Å². The highest BCUT2D eigenvalue weighted by atomic mass is 32.2. The summed E-state index contributed by atoms with van der Waals surface area (Å²) in [4.78, 5) is 10.0. The number of ether oxygens (including phenoxy) is 1. The second-order valence-corrected chi connectivity index (χ2v) is 6.28. The number of non-ortho nitro benzene ring substituents is 1. The maximum Gasteiger partial charge on any atom is 0.269 e. The maximum atomic E-state index is 12.4. The zero-order valence-electron chi connectivity index (χ0n) is 10.6. The number of nitro benzene ring substituents is 1. The lowest BCUT2D eigenvalue weighted by atomic mass is 10.3. The minimum absolute atomic E-state index is 0.0285. The Bertz CT molecular complexity index is 587. The van der Waals surface area contributed by atoms with Crippen molar-refractivity contribution in [3.63, 3.8) is 0 Å². The van der Waals surface area contributed by atoms with Gasteiger partial charge in [0.15, 0.2) is 0 Å². The molecule has 0 radical (unpaired) electrons. The van der Waals surface area contributed by atoms with E-state index in [1.54, 1.807) is 0 Å². The number of morpholine rings is 1. The molecule has 2 rings (SSSR count). The molecule has 0 amide bonds. The van der Waals surface area contributed by atoms with Crippen LogP contribution in [-0.4, -0.2) is 50.0 Å². The SMILES string of the molecule is NC[C@@H]1CN(S(=O)(=O)c2ccc([N+](=O)[O-])cc2)CCO1. The van der Waals surface area contributed by atoms with Crippen molar-refractivity contribution in [2.45, 2.75) is 11.0 Å². The monoisotopic (exact) mass is 301 g/mol. The molecular formula is C11H15N3O5S. The summed E-state index contributed by atoms with van der Waals surface area (Å²) in [5.74, 6) is 0. The fraction of sp³-hybridized carbons (Fsp3) is 0.455. The zero-order chi connectivity index (χ0) is 14.8. The first kappa shape index (κ1) is 14.9. The van der Waals surface area contributed by atoms with E-state index in [9.17, 15) is 18.5 Å². The summed E-state index contributed by atoms with van der Waals surface area (Å²) in [6.07, 6.45) is -0.323. The number of hydrogen-bond acceptors (Lipinski definition) is 6. The highest BCUT2D eigenvalue weighted by molar-refractivity contribution is 7.89. The molecule has 1 fully saturated rings. The predicted molar refractivity (Wildman–Crippen MR) is 70.6 cm³/mol. The molecule has 1 atom stereocenters. The van der Waals surface area contributed by atoms with Gasteiger partial charge in [0, 0.05) is 31.8 Å². The summed E-state index contributed by atoms with van der Waals surface area (Å²) in [5.41, 5.74) is 5.33. The van der Waals surface area contributed by atoms with Crippen LogP contribution in [0.1, 0.15) is 0 Å². The third-order valence-electron chi connectivity index (χ3n) is 3.05. The van der Waals surface area contributed by atoms with E-state index in [2.05, 4.69) is 0 Å². The molecule has 0 bridgehead atoms. The summed E-state index contributed by atoms with van der Waals surface area (Å²) >= 11 is 0. The summed E-state index contributed by atoms with van der Waals surface area (Å²) in [5, 5.41) is 10.6. The number of nitrogens with two attached hydrogens (primary N) is 1. The molecule has 9 heteroatoms. The molecule has 1 heterocycles. The number of nitro groups is 1. The molecule has 110 valence electrons. The number of sulfonamides is 1. The van der Waals surface area contributed by atoms with Gasteiger partial charge in [-0.1, -0.05) is 0 Å². The van der Waals surface area contributed by atoms with Gasteiger partial charge in [0.1, 0.15) is 0 Å². The molecular weight excluding hydrogens is 286 g/mol. The lowest BCUT2D eigenvalue weighted by Gasteiger charge is -2.31. The van der Waals surface area contributed by atoms with E-state index >= 15 is 0 Å². The first-order valence-electron chi connectivity index (χ1n) is 6.01. The molecule has 1 aromatic rings. The van der Waals surface area contributed by atoms with Crippen molar-refractivity contribution in [2.24, 2.45) is 5.73 Å². The normalized spacial score (nSPS) is 20.8. The van der Waals surface area contributed by atoms with Crippen molar-refractivity contribution in [3.05, 3.63) is 34.4 Å². The van der Waals surface area contributed by atoms with Gasteiger partial charge in [0.2, 0.25) is 10.0 Å². The van der Waals surface area contributed by atoms with Crippen LogP contribution in [0.25, 0.3) is 0 Å². The first-order valence-corrected chi connectivity index (χ1v) is 7.45. The molecule has 1 aromatic carbocycles. The largest absolute Gasteiger partial charge is 0.374 e. The standard InChI is InChI=1S/C11H15N3O5S/c12-7-10-8-13(5-6-19-10)20(17,18)11-3-1-9(2-4-11)14(15)16/h1-4,10H,5-8,12H2/t10-/m1/s1. The van der Waals surface area contributed by atoms with Crippen molar-refractivity contribution in [1.29, 1.82) is 0 Å². The summed E-state index contributed by atoms with van der Waals surface area (Å²) < 4.78 is 31.4. The highest BCUT2D eigenvalue weighted by Gasteiger charge is 2.30. The van der Waals surface area contributed by atoms with Gasteiger partial charge < -0.3 is 10.5 Å². The van der Waals surface area contributed by atoms with Gasteiger partial charge in [0.05, 0.1) is 22.5 Å². The summed E-state index contributed by atoms with van der Waals surface area (Å²) in [6, 6.07) is 4.82. The molecule has 0 unspecified atom stereocenters. The van der Waals surface area contributed by atoms with Crippen molar-refractivity contribution in [3.8, 4) is 0 Å². The second kappa shape index (κ2) is 5.83. The van der Waals surface area contributed by atoms with E-state index in [1.807, 2.05) is 0 Å². The molecule has 1 aliphatic rings. The van der Waals surface area contributed by atoms with Gasteiger partial charge in [-0.05, 0) is 12.1 Å². The van der Waals surface area contributed by atoms with Crippen LogP contribution in [0.5, 0.6) is 0 Å². The molecule has 0 aliphatic carbocycles. The Morgan fingerprint density at radius 2 is 2.05 bits per heavy atom. The Labute approximate surface area is 116 Å². The van der Waals surface area contributed by atoms with Crippen LogP contribution in [0.2, 0.25) is 0 Å². The second-order valence-electron chi connectivity index (χ2n) is 4.34. The Morgan fingerprint density at radius 3 is 2.60 bits per heavy atom. The number of rotatable bonds is 4. The molecule has 0 spiro atoms. The van der Waals surface area contributed by atoms with Gasteiger partial charge in [0.25, 0.3) is 5.69 Å². The topological polar surface area (TPSA) is 116 Å².